The molecular weight excluding hydrogens is 326 g/mol. The number of hydrogen-bond acceptors (Lipinski definition) is 6. The average molecular weight is 337 g/mol. The van der Waals surface area contributed by atoms with Crippen LogP contribution in [0.15, 0.2) is 33.1 Å². The van der Waals surface area contributed by atoms with Crippen LogP contribution in [-0.4, -0.2) is 15.5 Å². The summed E-state index contributed by atoms with van der Waals surface area (Å²) in [6.45, 7) is 1.82. The van der Waals surface area contributed by atoms with Gasteiger partial charge >= 0.3 is 4.87 Å². The van der Waals surface area contributed by atoms with E-state index in [4.69, 9.17) is 0 Å². The van der Waals surface area contributed by atoms with Gasteiger partial charge in [-0.05, 0) is 18.4 Å². The molecule has 1 N–H and O–H groups in total. The molecule has 0 aliphatic rings. The fraction of sp³-hybridized carbons (Fsp3) is 0.154. The molecule has 0 aliphatic heterocycles. The fourth-order valence-corrected chi connectivity index (χ4v) is 3.99. The lowest BCUT2D eigenvalue weighted by atomic mass is 10.4. The van der Waals surface area contributed by atoms with Crippen molar-refractivity contribution in [1.29, 1.82) is 0 Å². The molecule has 0 saturated carbocycles. The summed E-state index contributed by atoms with van der Waals surface area (Å²) in [6, 6.07) is 3.95. The lowest BCUT2D eigenvalue weighted by Crippen LogP contribution is -2.25. The van der Waals surface area contributed by atoms with Gasteiger partial charge in [0.2, 0.25) is 5.91 Å². The van der Waals surface area contributed by atoms with Gasteiger partial charge in [0, 0.05) is 16.5 Å². The molecule has 0 unspecified atom stereocenters. The molecule has 0 aromatic carbocycles. The molecule has 0 atom stereocenters. The van der Waals surface area contributed by atoms with Gasteiger partial charge in [0.05, 0.1) is 10.6 Å². The number of nitrogens with zero attached hydrogens (tertiary/aromatic N) is 2. The first-order valence-corrected chi connectivity index (χ1v) is 8.71. The number of carbonyl (C=O) groups is 1. The molecular formula is C13H11N3O2S3. The molecule has 21 heavy (non-hydrogen) atoms. The Kier molecular flexibility index (Phi) is 4.00. The highest BCUT2D eigenvalue weighted by molar-refractivity contribution is 7.16. The smallest absolute Gasteiger partial charge is 0.300 e. The van der Waals surface area contributed by atoms with Crippen molar-refractivity contribution in [1.82, 2.24) is 9.55 Å². The van der Waals surface area contributed by atoms with Gasteiger partial charge in [-0.25, -0.2) is 4.98 Å². The third kappa shape index (κ3) is 3.12. The standard InChI is InChI=1S/C13H11N3O2S3/c1-8-6-21-13(18)16(8)5-11(17)15-12-14-9(7-20-12)10-3-2-4-19-10/h2-4,6-7H,5H2,1H3,(H,14,15,17). The lowest BCUT2D eigenvalue weighted by molar-refractivity contribution is -0.116. The molecule has 0 saturated heterocycles. The molecule has 0 aliphatic carbocycles. The maximum atomic E-state index is 12.0. The fourth-order valence-electron chi connectivity index (χ4n) is 1.77. The topological polar surface area (TPSA) is 64.0 Å². The Hall–Kier alpha value is -1.77. The maximum absolute atomic E-state index is 12.0. The van der Waals surface area contributed by atoms with Crippen LogP contribution in [0.25, 0.3) is 10.6 Å². The third-order valence-corrected chi connectivity index (χ3v) is 5.33. The van der Waals surface area contributed by atoms with Gasteiger partial charge in [0.15, 0.2) is 5.13 Å². The van der Waals surface area contributed by atoms with Crippen molar-refractivity contribution in [2.45, 2.75) is 13.5 Å². The van der Waals surface area contributed by atoms with E-state index in [0.29, 0.717) is 5.13 Å². The number of anilines is 1. The van der Waals surface area contributed by atoms with E-state index in [-0.39, 0.29) is 17.3 Å². The number of thiazole rings is 2. The minimum atomic E-state index is -0.245. The Bertz CT molecular complexity index is 814. The summed E-state index contributed by atoms with van der Waals surface area (Å²) in [5, 5.41) is 8.92. The molecule has 108 valence electrons. The van der Waals surface area contributed by atoms with Crippen LogP contribution in [0.1, 0.15) is 5.69 Å². The lowest BCUT2D eigenvalue weighted by Gasteiger charge is -2.03. The third-order valence-electron chi connectivity index (χ3n) is 2.80. The van der Waals surface area contributed by atoms with Crippen molar-refractivity contribution in [2.24, 2.45) is 0 Å². The maximum Gasteiger partial charge on any atom is 0.307 e. The zero-order valence-electron chi connectivity index (χ0n) is 11.0. The zero-order chi connectivity index (χ0) is 14.8. The summed E-state index contributed by atoms with van der Waals surface area (Å²) in [4.78, 5) is 28.9. The highest BCUT2D eigenvalue weighted by Crippen LogP contribution is 2.28. The molecule has 8 heteroatoms. The van der Waals surface area contributed by atoms with E-state index in [1.54, 1.807) is 16.7 Å². The van der Waals surface area contributed by atoms with E-state index < -0.39 is 0 Å². The highest BCUT2D eigenvalue weighted by Gasteiger charge is 2.11. The Morgan fingerprint density at radius 3 is 2.86 bits per heavy atom. The van der Waals surface area contributed by atoms with Crippen molar-refractivity contribution < 1.29 is 4.79 Å². The molecule has 3 aromatic heterocycles. The highest BCUT2D eigenvalue weighted by atomic mass is 32.1. The first kappa shape index (κ1) is 14.2. The number of rotatable bonds is 4. The molecule has 1 amide bonds. The summed E-state index contributed by atoms with van der Waals surface area (Å²) < 4.78 is 1.45. The Morgan fingerprint density at radius 1 is 1.33 bits per heavy atom. The molecule has 3 rings (SSSR count). The van der Waals surface area contributed by atoms with Gasteiger partial charge in [-0.3, -0.25) is 14.2 Å². The van der Waals surface area contributed by atoms with E-state index in [1.165, 1.54) is 15.9 Å². The van der Waals surface area contributed by atoms with E-state index in [0.717, 1.165) is 27.6 Å². The summed E-state index contributed by atoms with van der Waals surface area (Å²) in [6.07, 6.45) is 0. The predicted molar refractivity (Wildman–Crippen MR) is 87.4 cm³/mol. The first-order chi connectivity index (χ1) is 10.1. The Morgan fingerprint density at radius 2 is 2.19 bits per heavy atom. The minimum absolute atomic E-state index is 0.0160. The number of aromatic nitrogens is 2. The summed E-state index contributed by atoms with van der Waals surface area (Å²) >= 11 is 4.08. The van der Waals surface area contributed by atoms with Crippen LogP contribution in [0.5, 0.6) is 0 Å². The number of thiophene rings is 1. The summed E-state index contributed by atoms with van der Waals surface area (Å²) in [7, 11) is 0. The van der Waals surface area contributed by atoms with E-state index in [9.17, 15) is 9.59 Å². The summed E-state index contributed by atoms with van der Waals surface area (Å²) in [5.41, 5.74) is 1.65. The van der Waals surface area contributed by atoms with Crippen LogP contribution in [0.4, 0.5) is 5.13 Å². The second kappa shape index (κ2) is 5.92. The second-order valence-electron chi connectivity index (χ2n) is 4.29. The van der Waals surface area contributed by atoms with Crippen molar-refractivity contribution >= 4 is 45.0 Å². The Labute approximate surface area is 132 Å². The van der Waals surface area contributed by atoms with Gasteiger partial charge in [0.1, 0.15) is 6.54 Å². The van der Waals surface area contributed by atoms with E-state index in [1.807, 2.05) is 29.8 Å². The second-order valence-corrected chi connectivity index (χ2v) is 6.92. The van der Waals surface area contributed by atoms with Gasteiger partial charge in [-0.1, -0.05) is 17.4 Å². The number of carbonyl (C=O) groups excluding carboxylic acids is 1. The quantitative estimate of drug-likeness (QED) is 0.796. The minimum Gasteiger partial charge on any atom is -0.300 e. The SMILES string of the molecule is Cc1csc(=O)n1CC(=O)Nc1nc(-c2cccs2)cs1. The molecule has 0 bridgehead atoms. The predicted octanol–water partition coefficient (Wildman–Crippen LogP) is 3.04. The molecule has 3 aromatic rings. The van der Waals surface area contributed by atoms with Crippen molar-refractivity contribution in [2.75, 3.05) is 5.32 Å². The van der Waals surface area contributed by atoms with Gasteiger partial charge in [-0.15, -0.1) is 22.7 Å². The summed E-state index contributed by atoms with van der Waals surface area (Å²) in [5.74, 6) is -0.245. The van der Waals surface area contributed by atoms with Crippen LogP contribution in [0.2, 0.25) is 0 Å². The number of hydrogen-bond donors (Lipinski definition) is 1. The van der Waals surface area contributed by atoms with Crippen molar-refractivity contribution in [3.05, 3.63) is 43.6 Å². The molecule has 0 radical (unpaired) electrons. The average Bonchev–Trinajstić information content (AvgIpc) is 3.16. The monoisotopic (exact) mass is 337 g/mol. The van der Waals surface area contributed by atoms with E-state index >= 15 is 0 Å². The normalized spacial score (nSPS) is 10.7. The molecule has 5 nitrogen and oxygen atoms in total. The van der Waals surface area contributed by atoms with Gasteiger partial charge in [0.25, 0.3) is 0 Å². The van der Waals surface area contributed by atoms with Gasteiger partial charge in [-0.2, -0.15) is 0 Å². The zero-order valence-corrected chi connectivity index (χ0v) is 13.5. The van der Waals surface area contributed by atoms with Crippen LogP contribution >= 0.6 is 34.0 Å². The van der Waals surface area contributed by atoms with Gasteiger partial charge < -0.3 is 5.32 Å². The number of nitrogens with one attached hydrogen (secondary N) is 1. The molecule has 3 heterocycles. The molecule has 0 spiro atoms. The first-order valence-electron chi connectivity index (χ1n) is 6.07. The van der Waals surface area contributed by atoms with Crippen LogP contribution in [-0.2, 0) is 11.3 Å². The Balaban J connectivity index is 1.70. The van der Waals surface area contributed by atoms with E-state index in [2.05, 4.69) is 10.3 Å². The van der Waals surface area contributed by atoms with Crippen LogP contribution in [0.3, 0.4) is 0 Å². The van der Waals surface area contributed by atoms with Crippen molar-refractivity contribution in [3.8, 4) is 10.6 Å². The molecule has 0 fully saturated rings. The number of aryl methyl sites for hydroxylation is 1. The van der Waals surface area contributed by atoms with Crippen LogP contribution < -0.4 is 10.2 Å². The largest absolute Gasteiger partial charge is 0.307 e. The van der Waals surface area contributed by atoms with Crippen LogP contribution in [0, 0.1) is 6.92 Å². The number of amides is 1. The van der Waals surface area contributed by atoms with Crippen molar-refractivity contribution in [3.63, 3.8) is 0 Å².